The number of furan rings is 1. The Morgan fingerprint density at radius 2 is 2.38 bits per heavy atom. The van der Waals surface area contributed by atoms with E-state index in [1.54, 1.807) is 6.26 Å². The minimum absolute atomic E-state index is 0.348. The zero-order chi connectivity index (χ0) is 11.1. The van der Waals surface area contributed by atoms with Gasteiger partial charge in [0.2, 0.25) is 0 Å². The van der Waals surface area contributed by atoms with Gasteiger partial charge in [0.1, 0.15) is 17.5 Å². The highest BCUT2D eigenvalue weighted by Crippen LogP contribution is 2.29. The van der Waals surface area contributed by atoms with Gasteiger partial charge in [-0.25, -0.2) is 4.68 Å². The number of rotatable bonds is 2. The molecule has 0 amide bonds. The van der Waals surface area contributed by atoms with Crippen molar-refractivity contribution in [2.45, 2.75) is 12.6 Å². The first-order chi connectivity index (χ1) is 7.77. The lowest BCUT2D eigenvalue weighted by Crippen LogP contribution is -2.19. The van der Waals surface area contributed by atoms with E-state index in [4.69, 9.17) is 10.2 Å². The topological polar surface area (TPSA) is 73.1 Å². The molecule has 6 nitrogen and oxygen atoms in total. The van der Waals surface area contributed by atoms with Gasteiger partial charge in [0.05, 0.1) is 12.8 Å². The zero-order valence-corrected chi connectivity index (χ0v) is 9.00. The number of likely N-dealkylation sites (N-methyl/N-ethyl adjacent to an activating group) is 1. The maximum absolute atomic E-state index is 6.10. The van der Waals surface area contributed by atoms with E-state index in [0.717, 1.165) is 24.6 Å². The minimum Gasteiger partial charge on any atom is -0.467 e. The van der Waals surface area contributed by atoms with Crippen molar-refractivity contribution in [2.75, 3.05) is 18.5 Å². The van der Waals surface area contributed by atoms with Crippen molar-refractivity contribution in [1.29, 1.82) is 0 Å². The van der Waals surface area contributed by atoms with E-state index < -0.39 is 0 Å². The van der Waals surface area contributed by atoms with E-state index in [2.05, 4.69) is 15.2 Å². The van der Waals surface area contributed by atoms with Gasteiger partial charge in [-0.05, 0) is 12.1 Å². The van der Waals surface area contributed by atoms with Gasteiger partial charge in [-0.3, -0.25) is 0 Å². The predicted octanol–water partition coefficient (Wildman–Crippen LogP) is 0.369. The molecular weight excluding hydrogens is 206 g/mol. The Labute approximate surface area is 92.6 Å². The van der Waals surface area contributed by atoms with Gasteiger partial charge in [0.25, 0.3) is 0 Å². The fourth-order valence-corrected chi connectivity index (χ4v) is 2.02. The summed E-state index contributed by atoms with van der Waals surface area (Å²) < 4.78 is 7.17. The summed E-state index contributed by atoms with van der Waals surface area (Å²) in [6, 6.07) is 3.33. The Hall–Kier alpha value is -1.82. The van der Waals surface area contributed by atoms with E-state index in [-0.39, 0.29) is 6.04 Å². The van der Waals surface area contributed by atoms with Crippen LogP contribution in [-0.2, 0) is 6.54 Å². The SMILES string of the molecule is CN1CCn2nnc(C(N)c3ccco3)c21. The third kappa shape index (κ3) is 1.23. The quantitative estimate of drug-likeness (QED) is 0.790. The Kier molecular flexibility index (Phi) is 1.97. The molecule has 2 aromatic rings. The molecule has 3 heterocycles. The molecule has 0 saturated carbocycles. The number of hydrogen-bond donors (Lipinski definition) is 1. The van der Waals surface area contributed by atoms with E-state index in [1.807, 2.05) is 23.9 Å². The second-order valence-corrected chi connectivity index (χ2v) is 3.94. The first-order valence-electron chi connectivity index (χ1n) is 5.21. The van der Waals surface area contributed by atoms with Gasteiger partial charge in [-0.2, -0.15) is 0 Å². The Morgan fingerprint density at radius 3 is 3.12 bits per heavy atom. The second kappa shape index (κ2) is 3.34. The van der Waals surface area contributed by atoms with Gasteiger partial charge < -0.3 is 15.1 Å². The third-order valence-corrected chi connectivity index (χ3v) is 2.89. The fraction of sp³-hybridized carbons (Fsp3) is 0.400. The first kappa shape index (κ1) is 9.41. The van der Waals surface area contributed by atoms with Gasteiger partial charge in [0.15, 0.2) is 5.82 Å². The molecule has 0 spiro atoms. The van der Waals surface area contributed by atoms with Crippen LogP contribution in [0.4, 0.5) is 5.82 Å². The Bertz CT molecular complexity index is 489. The molecule has 0 aliphatic carbocycles. The average molecular weight is 219 g/mol. The van der Waals surface area contributed by atoms with Crippen molar-refractivity contribution in [3.8, 4) is 0 Å². The molecule has 16 heavy (non-hydrogen) atoms. The van der Waals surface area contributed by atoms with Crippen LogP contribution in [-0.4, -0.2) is 28.6 Å². The lowest BCUT2D eigenvalue weighted by atomic mass is 10.1. The maximum Gasteiger partial charge on any atom is 0.152 e. The average Bonchev–Trinajstić information content (AvgIpc) is 2.95. The molecule has 84 valence electrons. The van der Waals surface area contributed by atoms with E-state index in [1.165, 1.54) is 0 Å². The molecule has 1 aliphatic heterocycles. The van der Waals surface area contributed by atoms with Gasteiger partial charge >= 0.3 is 0 Å². The number of aromatic nitrogens is 3. The molecule has 2 aromatic heterocycles. The molecule has 0 saturated heterocycles. The van der Waals surface area contributed by atoms with Crippen molar-refractivity contribution in [3.63, 3.8) is 0 Å². The van der Waals surface area contributed by atoms with Crippen LogP contribution >= 0.6 is 0 Å². The van der Waals surface area contributed by atoms with E-state index in [0.29, 0.717) is 5.76 Å². The summed E-state index contributed by atoms with van der Waals surface area (Å²) >= 11 is 0. The van der Waals surface area contributed by atoms with Gasteiger partial charge in [-0.15, -0.1) is 5.10 Å². The minimum atomic E-state index is -0.348. The standard InChI is InChI=1S/C10H13N5O/c1-14-4-5-15-10(14)9(12-13-15)8(11)7-3-2-6-16-7/h2-3,6,8H,4-5,11H2,1H3. The number of nitrogens with two attached hydrogens (primary N) is 1. The van der Waals surface area contributed by atoms with Gasteiger partial charge in [-0.1, -0.05) is 5.21 Å². The van der Waals surface area contributed by atoms with Crippen molar-refractivity contribution < 1.29 is 4.42 Å². The highest BCUT2D eigenvalue weighted by atomic mass is 16.3. The summed E-state index contributed by atoms with van der Waals surface area (Å²) in [7, 11) is 2.01. The zero-order valence-electron chi connectivity index (χ0n) is 9.00. The molecule has 1 unspecified atom stereocenters. The molecule has 6 heteroatoms. The number of anilines is 1. The molecule has 0 aromatic carbocycles. The Balaban J connectivity index is 2.02. The molecule has 0 fully saturated rings. The summed E-state index contributed by atoms with van der Waals surface area (Å²) in [6.07, 6.45) is 1.61. The number of hydrogen-bond acceptors (Lipinski definition) is 5. The summed E-state index contributed by atoms with van der Waals surface area (Å²) in [6.45, 7) is 1.81. The monoisotopic (exact) mass is 219 g/mol. The third-order valence-electron chi connectivity index (χ3n) is 2.89. The summed E-state index contributed by atoms with van der Waals surface area (Å²) in [4.78, 5) is 2.11. The first-order valence-corrected chi connectivity index (χ1v) is 5.21. The van der Waals surface area contributed by atoms with Gasteiger partial charge in [0, 0.05) is 13.6 Å². The Morgan fingerprint density at radius 1 is 1.50 bits per heavy atom. The van der Waals surface area contributed by atoms with Crippen LogP contribution < -0.4 is 10.6 Å². The summed E-state index contributed by atoms with van der Waals surface area (Å²) in [5.74, 6) is 1.70. The predicted molar refractivity (Wildman–Crippen MR) is 58.0 cm³/mol. The van der Waals surface area contributed by atoms with Crippen LogP contribution in [0.1, 0.15) is 17.5 Å². The normalized spacial score (nSPS) is 16.5. The molecule has 1 aliphatic rings. The van der Waals surface area contributed by atoms with Crippen LogP contribution in [0, 0.1) is 0 Å². The van der Waals surface area contributed by atoms with Crippen molar-refractivity contribution in [1.82, 2.24) is 15.0 Å². The molecule has 0 bridgehead atoms. The van der Waals surface area contributed by atoms with Crippen LogP contribution in [0.5, 0.6) is 0 Å². The highest BCUT2D eigenvalue weighted by molar-refractivity contribution is 5.48. The largest absolute Gasteiger partial charge is 0.467 e. The lowest BCUT2D eigenvalue weighted by molar-refractivity contribution is 0.486. The van der Waals surface area contributed by atoms with Crippen molar-refractivity contribution in [2.24, 2.45) is 5.73 Å². The second-order valence-electron chi connectivity index (χ2n) is 3.94. The number of nitrogens with zero attached hydrogens (tertiary/aromatic N) is 4. The van der Waals surface area contributed by atoms with E-state index in [9.17, 15) is 0 Å². The van der Waals surface area contributed by atoms with Crippen molar-refractivity contribution in [3.05, 3.63) is 29.9 Å². The smallest absolute Gasteiger partial charge is 0.152 e. The maximum atomic E-state index is 6.10. The van der Waals surface area contributed by atoms with Crippen LogP contribution in [0.25, 0.3) is 0 Å². The van der Waals surface area contributed by atoms with E-state index >= 15 is 0 Å². The molecule has 2 N–H and O–H groups in total. The van der Waals surface area contributed by atoms with Crippen LogP contribution in [0.2, 0.25) is 0 Å². The highest BCUT2D eigenvalue weighted by Gasteiger charge is 2.27. The molecule has 3 rings (SSSR count). The summed E-state index contributed by atoms with van der Waals surface area (Å²) in [5.41, 5.74) is 6.88. The molecule has 0 radical (unpaired) electrons. The molecule has 1 atom stereocenters. The van der Waals surface area contributed by atoms with Crippen LogP contribution in [0.15, 0.2) is 22.8 Å². The summed E-state index contributed by atoms with van der Waals surface area (Å²) in [5, 5.41) is 8.21. The fourth-order valence-electron chi connectivity index (χ4n) is 2.02. The van der Waals surface area contributed by atoms with Crippen LogP contribution in [0.3, 0.4) is 0 Å². The lowest BCUT2D eigenvalue weighted by Gasteiger charge is -2.13. The number of fused-ring (bicyclic) bond motifs is 1. The van der Waals surface area contributed by atoms with Crippen molar-refractivity contribution >= 4 is 5.82 Å². The molecular formula is C10H13N5O.